The van der Waals surface area contributed by atoms with E-state index in [4.69, 9.17) is 4.74 Å². The lowest BCUT2D eigenvalue weighted by molar-refractivity contribution is 0.367. The summed E-state index contributed by atoms with van der Waals surface area (Å²) >= 11 is 3.46. The molecule has 3 nitrogen and oxygen atoms in total. The zero-order chi connectivity index (χ0) is 10.8. The molecular weight excluding hydrogens is 258 g/mol. The lowest BCUT2D eigenvalue weighted by atomic mass is 10.0. The van der Waals surface area contributed by atoms with Crippen molar-refractivity contribution in [2.45, 2.75) is 18.9 Å². The van der Waals surface area contributed by atoms with E-state index in [0.29, 0.717) is 5.75 Å². The number of phenols is 1. The maximum atomic E-state index is 10.0. The van der Waals surface area contributed by atoms with Gasteiger partial charge in [0.05, 0.1) is 7.11 Å². The van der Waals surface area contributed by atoms with Gasteiger partial charge in [0, 0.05) is 16.1 Å². The monoisotopic (exact) mass is 271 g/mol. The fourth-order valence-corrected chi connectivity index (χ4v) is 2.59. The number of halogens is 1. The molecule has 4 heteroatoms. The first kappa shape index (κ1) is 10.8. The molecule has 1 saturated heterocycles. The number of rotatable bonds is 2. The molecule has 0 amide bonds. The fourth-order valence-electron chi connectivity index (χ4n) is 1.99. The molecule has 82 valence electrons. The van der Waals surface area contributed by atoms with Gasteiger partial charge in [0.15, 0.2) is 11.5 Å². The summed E-state index contributed by atoms with van der Waals surface area (Å²) in [4.78, 5) is 0. The van der Waals surface area contributed by atoms with Crippen LogP contribution < -0.4 is 10.1 Å². The molecule has 0 bridgehead atoms. The predicted octanol–water partition coefficient (Wildman–Crippen LogP) is 2.59. The van der Waals surface area contributed by atoms with E-state index in [-0.39, 0.29) is 11.8 Å². The van der Waals surface area contributed by atoms with Crippen LogP contribution in [0, 0.1) is 0 Å². The molecule has 1 aromatic carbocycles. The average molecular weight is 272 g/mol. The van der Waals surface area contributed by atoms with E-state index in [1.165, 1.54) is 0 Å². The molecule has 1 aliphatic rings. The van der Waals surface area contributed by atoms with Crippen molar-refractivity contribution in [2.24, 2.45) is 0 Å². The van der Waals surface area contributed by atoms with Crippen LogP contribution in [0.2, 0.25) is 0 Å². The summed E-state index contributed by atoms with van der Waals surface area (Å²) < 4.78 is 6.03. The van der Waals surface area contributed by atoms with Crippen molar-refractivity contribution >= 4 is 15.9 Å². The van der Waals surface area contributed by atoms with Crippen LogP contribution in [0.15, 0.2) is 16.6 Å². The summed E-state index contributed by atoms with van der Waals surface area (Å²) in [5.74, 6) is 0.771. The third-order valence-corrected chi connectivity index (χ3v) is 3.45. The third kappa shape index (κ3) is 1.96. The molecule has 1 aromatic rings. The van der Waals surface area contributed by atoms with Crippen molar-refractivity contribution in [3.05, 3.63) is 22.2 Å². The maximum absolute atomic E-state index is 10.0. The van der Waals surface area contributed by atoms with Crippen molar-refractivity contribution in [3.8, 4) is 11.5 Å². The zero-order valence-corrected chi connectivity index (χ0v) is 10.2. The predicted molar refractivity (Wildman–Crippen MR) is 62.3 cm³/mol. The van der Waals surface area contributed by atoms with Crippen LogP contribution >= 0.6 is 15.9 Å². The lowest BCUT2D eigenvalue weighted by Crippen LogP contribution is -2.13. The van der Waals surface area contributed by atoms with E-state index in [9.17, 15) is 5.11 Å². The first-order valence-corrected chi connectivity index (χ1v) is 5.82. The Bertz CT molecular complexity index is 362. The van der Waals surface area contributed by atoms with Crippen LogP contribution in [-0.4, -0.2) is 18.8 Å². The molecule has 1 fully saturated rings. The van der Waals surface area contributed by atoms with Gasteiger partial charge in [-0.05, 0) is 31.5 Å². The van der Waals surface area contributed by atoms with E-state index in [1.54, 1.807) is 13.2 Å². The summed E-state index contributed by atoms with van der Waals surface area (Å²) in [6.07, 6.45) is 2.20. The highest BCUT2D eigenvalue weighted by atomic mass is 79.9. The molecule has 0 aromatic heterocycles. The number of aromatic hydroxyl groups is 1. The second-order valence-corrected chi connectivity index (χ2v) is 4.52. The summed E-state index contributed by atoms with van der Waals surface area (Å²) in [6, 6.07) is 3.90. The van der Waals surface area contributed by atoms with Gasteiger partial charge >= 0.3 is 0 Å². The lowest BCUT2D eigenvalue weighted by Gasteiger charge is -2.16. The summed E-state index contributed by atoms with van der Waals surface area (Å²) in [5.41, 5.74) is 0.909. The molecule has 2 N–H and O–H groups in total. The van der Waals surface area contributed by atoms with Crippen molar-refractivity contribution < 1.29 is 9.84 Å². The maximum Gasteiger partial charge on any atom is 0.163 e. The molecule has 1 aliphatic heterocycles. The quantitative estimate of drug-likeness (QED) is 0.869. The second-order valence-electron chi connectivity index (χ2n) is 3.66. The van der Waals surface area contributed by atoms with E-state index in [1.807, 2.05) is 6.07 Å². The standard InChI is InChI=1S/C11H14BrNO2/c1-15-9-5-4-7(12)10(11(9)14)8-3-2-6-13-8/h4-5,8,13-14H,2-3,6H2,1H3/t8-/m0/s1. The first-order chi connectivity index (χ1) is 7.24. The van der Waals surface area contributed by atoms with Crippen molar-refractivity contribution in [2.75, 3.05) is 13.7 Å². The van der Waals surface area contributed by atoms with Gasteiger partial charge in [-0.3, -0.25) is 0 Å². The van der Waals surface area contributed by atoms with Crippen LogP contribution in [0.5, 0.6) is 11.5 Å². The van der Waals surface area contributed by atoms with E-state index >= 15 is 0 Å². The number of benzene rings is 1. The van der Waals surface area contributed by atoms with Gasteiger partial charge in [-0.25, -0.2) is 0 Å². The van der Waals surface area contributed by atoms with Crippen LogP contribution in [-0.2, 0) is 0 Å². The van der Waals surface area contributed by atoms with E-state index in [0.717, 1.165) is 29.4 Å². The Morgan fingerprint density at radius 1 is 1.53 bits per heavy atom. The van der Waals surface area contributed by atoms with Gasteiger partial charge in [-0.2, -0.15) is 0 Å². The van der Waals surface area contributed by atoms with Gasteiger partial charge < -0.3 is 15.2 Å². The number of hydrogen-bond donors (Lipinski definition) is 2. The van der Waals surface area contributed by atoms with Crippen molar-refractivity contribution in [3.63, 3.8) is 0 Å². The highest BCUT2D eigenvalue weighted by Crippen LogP contribution is 2.41. The summed E-state index contributed by atoms with van der Waals surface area (Å²) in [5, 5.41) is 13.4. The molecule has 15 heavy (non-hydrogen) atoms. The Hall–Kier alpha value is -0.740. The SMILES string of the molecule is COc1ccc(Br)c([C@@H]2CCCN2)c1O. The van der Waals surface area contributed by atoms with Gasteiger partial charge in [-0.1, -0.05) is 15.9 Å². The molecular formula is C11H14BrNO2. The Balaban J connectivity index is 2.43. The number of hydrogen-bond acceptors (Lipinski definition) is 3. The third-order valence-electron chi connectivity index (χ3n) is 2.76. The van der Waals surface area contributed by atoms with E-state index < -0.39 is 0 Å². The minimum Gasteiger partial charge on any atom is -0.504 e. The number of nitrogens with one attached hydrogen (secondary N) is 1. The van der Waals surface area contributed by atoms with Crippen molar-refractivity contribution in [1.29, 1.82) is 0 Å². The van der Waals surface area contributed by atoms with E-state index in [2.05, 4.69) is 21.2 Å². The molecule has 2 rings (SSSR count). The van der Waals surface area contributed by atoms with Gasteiger partial charge in [0.1, 0.15) is 0 Å². The molecule has 1 heterocycles. The van der Waals surface area contributed by atoms with Crippen LogP contribution in [0.4, 0.5) is 0 Å². The molecule has 0 radical (unpaired) electrons. The Morgan fingerprint density at radius 2 is 2.33 bits per heavy atom. The Kier molecular flexibility index (Phi) is 3.17. The molecule has 0 unspecified atom stereocenters. The average Bonchev–Trinajstić information content (AvgIpc) is 2.71. The molecule has 0 spiro atoms. The second kappa shape index (κ2) is 4.41. The Labute approximate surface area is 97.6 Å². The normalized spacial score (nSPS) is 20.5. The van der Waals surface area contributed by atoms with Gasteiger partial charge in [0.2, 0.25) is 0 Å². The van der Waals surface area contributed by atoms with Crippen LogP contribution in [0.25, 0.3) is 0 Å². The molecule has 1 atom stereocenters. The first-order valence-electron chi connectivity index (χ1n) is 5.02. The minimum atomic E-state index is 0.231. The molecule has 0 saturated carbocycles. The smallest absolute Gasteiger partial charge is 0.163 e. The van der Waals surface area contributed by atoms with Crippen LogP contribution in [0.1, 0.15) is 24.4 Å². The summed E-state index contributed by atoms with van der Waals surface area (Å²) in [6.45, 7) is 1.01. The highest BCUT2D eigenvalue weighted by Gasteiger charge is 2.23. The number of methoxy groups -OCH3 is 1. The largest absolute Gasteiger partial charge is 0.504 e. The minimum absolute atomic E-state index is 0.231. The topological polar surface area (TPSA) is 41.5 Å². The van der Waals surface area contributed by atoms with Gasteiger partial charge in [0.25, 0.3) is 0 Å². The number of ether oxygens (including phenoxy) is 1. The molecule has 0 aliphatic carbocycles. The summed E-state index contributed by atoms with van der Waals surface area (Å²) in [7, 11) is 1.56. The van der Waals surface area contributed by atoms with Gasteiger partial charge in [-0.15, -0.1) is 0 Å². The zero-order valence-electron chi connectivity index (χ0n) is 8.59. The van der Waals surface area contributed by atoms with Crippen molar-refractivity contribution in [1.82, 2.24) is 5.32 Å². The van der Waals surface area contributed by atoms with Crippen LogP contribution in [0.3, 0.4) is 0 Å². The number of phenolic OH excluding ortho intramolecular Hbond substituents is 1. The highest BCUT2D eigenvalue weighted by molar-refractivity contribution is 9.10. The Morgan fingerprint density at radius 3 is 2.93 bits per heavy atom. The fraction of sp³-hybridized carbons (Fsp3) is 0.455.